The molecule has 0 aromatic heterocycles. The standard InChI is InChI=1S/C7H4F3NO7S2/c8-7(9,10)20(16,17)18-4-1-2-6(19(14)15)5(3-4)11(12)13/h1-3,19H. The predicted octanol–water partition coefficient (Wildman–Crippen LogP) is 0.793. The van der Waals surface area contributed by atoms with Gasteiger partial charge in [0, 0.05) is 0 Å². The Bertz CT molecular complexity index is 714. The Balaban J connectivity index is 3.31. The summed E-state index contributed by atoms with van der Waals surface area (Å²) in [7, 11) is -9.39. The van der Waals surface area contributed by atoms with Crippen molar-refractivity contribution in [2.75, 3.05) is 0 Å². The first-order valence-corrected chi connectivity index (χ1v) is 6.98. The van der Waals surface area contributed by atoms with Crippen LogP contribution in [0.25, 0.3) is 0 Å². The molecule has 1 rings (SSSR count). The van der Waals surface area contributed by atoms with E-state index in [1.807, 2.05) is 0 Å². The van der Waals surface area contributed by atoms with Gasteiger partial charge < -0.3 is 4.18 Å². The number of alkyl halides is 3. The summed E-state index contributed by atoms with van der Waals surface area (Å²) in [5.41, 5.74) is -6.82. The van der Waals surface area contributed by atoms with Gasteiger partial charge in [-0.3, -0.25) is 10.1 Å². The van der Waals surface area contributed by atoms with Crippen LogP contribution in [0.2, 0.25) is 0 Å². The summed E-state index contributed by atoms with van der Waals surface area (Å²) in [6, 6.07) is 1.38. The van der Waals surface area contributed by atoms with E-state index in [-0.39, 0.29) is 6.07 Å². The lowest BCUT2D eigenvalue weighted by atomic mass is 10.3. The smallest absolute Gasteiger partial charge is 0.376 e. The second kappa shape index (κ2) is 5.24. The first-order chi connectivity index (χ1) is 8.95. The molecule has 13 heteroatoms. The maximum absolute atomic E-state index is 12.0. The molecular formula is C7H4F3NO7S2. The van der Waals surface area contributed by atoms with Gasteiger partial charge in [0.2, 0.25) is 0 Å². The normalized spacial score (nSPS) is 12.4. The van der Waals surface area contributed by atoms with E-state index in [0.717, 1.165) is 0 Å². The molecule has 112 valence electrons. The summed E-state index contributed by atoms with van der Waals surface area (Å²) in [4.78, 5) is 8.56. The van der Waals surface area contributed by atoms with Crippen LogP contribution in [0.15, 0.2) is 23.1 Å². The van der Waals surface area contributed by atoms with Crippen LogP contribution in [0, 0.1) is 10.1 Å². The number of nitro groups is 1. The second-order valence-electron chi connectivity index (χ2n) is 3.15. The Kier molecular flexibility index (Phi) is 4.24. The molecular weight excluding hydrogens is 331 g/mol. The van der Waals surface area contributed by atoms with Crippen LogP contribution in [-0.4, -0.2) is 27.3 Å². The number of rotatable bonds is 4. The molecule has 0 saturated heterocycles. The summed E-state index contributed by atoms with van der Waals surface area (Å²) in [6.07, 6.45) is 0. The maximum Gasteiger partial charge on any atom is 0.534 e. The summed E-state index contributed by atoms with van der Waals surface area (Å²) in [5.74, 6) is -1.03. The van der Waals surface area contributed by atoms with E-state index in [0.29, 0.717) is 12.1 Å². The molecule has 0 aliphatic rings. The first kappa shape index (κ1) is 16.2. The van der Waals surface area contributed by atoms with Gasteiger partial charge in [-0.1, -0.05) is 0 Å². The minimum atomic E-state index is -6.00. The van der Waals surface area contributed by atoms with Crippen LogP contribution in [0.4, 0.5) is 18.9 Å². The van der Waals surface area contributed by atoms with Crippen molar-refractivity contribution in [3.8, 4) is 5.75 Å². The Morgan fingerprint density at radius 3 is 2.20 bits per heavy atom. The van der Waals surface area contributed by atoms with Gasteiger partial charge in [-0.2, -0.15) is 21.6 Å². The molecule has 0 aliphatic carbocycles. The molecule has 8 nitrogen and oxygen atoms in total. The van der Waals surface area contributed by atoms with Gasteiger partial charge in [0.15, 0.2) is 10.7 Å². The van der Waals surface area contributed by atoms with Crippen LogP contribution in [-0.2, 0) is 20.8 Å². The van der Waals surface area contributed by atoms with Crippen molar-refractivity contribution >= 4 is 26.5 Å². The molecule has 0 radical (unpaired) electrons. The van der Waals surface area contributed by atoms with Crippen molar-refractivity contribution in [3.63, 3.8) is 0 Å². The summed E-state index contributed by atoms with van der Waals surface area (Å²) < 4.78 is 82.5. The van der Waals surface area contributed by atoms with Gasteiger partial charge in [-0.05, 0) is 12.1 Å². The van der Waals surface area contributed by atoms with Crippen molar-refractivity contribution in [2.45, 2.75) is 10.4 Å². The van der Waals surface area contributed by atoms with Crippen LogP contribution in [0.5, 0.6) is 5.75 Å². The average Bonchev–Trinajstić information content (AvgIpc) is 2.26. The highest BCUT2D eigenvalue weighted by atomic mass is 32.2. The lowest BCUT2D eigenvalue weighted by molar-refractivity contribution is -0.387. The molecule has 0 atom stereocenters. The van der Waals surface area contributed by atoms with Gasteiger partial charge in [-0.25, -0.2) is 8.42 Å². The minimum absolute atomic E-state index is 0.268. The Morgan fingerprint density at radius 1 is 1.25 bits per heavy atom. The fourth-order valence-corrected chi connectivity index (χ4v) is 2.01. The van der Waals surface area contributed by atoms with Crippen LogP contribution in [0.1, 0.15) is 0 Å². The largest absolute Gasteiger partial charge is 0.534 e. The minimum Gasteiger partial charge on any atom is -0.376 e. The highest BCUT2D eigenvalue weighted by molar-refractivity contribution is 7.88. The zero-order valence-electron chi connectivity index (χ0n) is 9.03. The molecule has 0 aliphatic heterocycles. The van der Waals surface area contributed by atoms with Crippen LogP contribution in [0.3, 0.4) is 0 Å². The zero-order valence-corrected chi connectivity index (χ0v) is 10.7. The molecule has 0 amide bonds. The van der Waals surface area contributed by atoms with E-state index >= 15 is 0 Å². The SMILES string of the molecule is O=[N+]([O-])c1cc(OS(=O)(=O)C(F)(F)F)ccc1[SH](=O)=O. The summed E-state index contributed by atoms with van der Waals surface area (Å²) in [5, 5.41) is 10.6. The molecule has 0 spiro atoms. The molecule has 0 heterocycles. The lowest BCUT2D eigenvalue weighted by Crippen LogP contribution is -2.28. The van der Waals surface area contributed by atoms with Crippen molar-refractivity contribution < 1.29 is 39.1 Å². The third-order valence-corrected chi connectivity index (χ3v) is 3.58. The van der Waals surface area contributed by atoms with Crippen molar-refractivity contribution in [1.29, 1.82) is 0 Å². The number of halogens is 3. The molecule has 0 fully saturated rings. The Labute approximate surface area is 111 Å². The highest BCUT2D eigenvalue weighted by Gasteiger charge is 2.48. The Hall–Kier alpha value is -1.89. The summed E-state index contributed by atoms with van der Waals surface area (Å²) in [6.45, 7) is 0. The van der Waals surface area contributed by atoms with E-state index in [2.05, 4.69) is 4.18 Å². The van der Waals surface area contributed by atoms with Gasteiger partial charge in [0.05, 0.1) is 11.0 Å². The average molecular weight is 335 g/mol. The molecule has 0 bridgehead atoms. The van der Waals surface area contributed by atoms with E-state index in [4.69, 9.17) is 0 Å². The molecule has 1 aromatic carbocycles. The van der Waals surface area contributed by atoms with Crippen LogP contribution < -0.4 is 4.18 Å². The molecule has 0 saturated carbocycles. The third kappa shape index (κ3) is 3.36. The number of nitro benzene ring substituents is 1. The summed E-state index contributed by atoms with van der Waals surface area (Å²) >= 11 is 0. The topological polar surface area (TPSA) is 121 Å². The maximum atomic E-state index is 12.0. The number of hydrogen-bond acceptors (Lipinski definition) is 7. The van der Waals surface area contributed by atoms with Crippen molar-refractivity contribution in [1.82, 2.24) is 0 Å². The highest BCUT2D eigenvalue weighted by Crippen LogP contribution is 2.30. The number of benzene rings is 1. The number of nitrogens with zero attached hydrogens (tertiary/aromatic N) is 1. The third-order valence-electron chi connectivity index (χ3n) is 1.83. The van der Waals surface area contributed by atoms with Gasteiger partial charge in [0.25, 0.3) is 5.69 Å². The van der Waals surface area contributed by atoms with E-state index in [9.17, 15) is 40.1 Å². The second-order valence-corrected chi connectivity index (χ2v) is 5.68. The van der Waals surface area contributed by atoms with Gasteiger partial charge >= 0.3 is 15.6 Å². The quantitative estimate of drug-likeness (QED) is 0.284. The lowest BCUT2D eigenvalue weighted by Gasteiger charge is -2.09. The fourth-order valence-electron chi connectivity index (χ4n) is 1.03. The number of hydrogen-bond donors (Lipinski definition) is 1. The molecule has 0 N–H and O–H groups in total. The first-order valence-electron chi connectivity index (χ1n) is 4.39. The zero-order chi connectivity index (χ0) is 15.7. The monoisotopic (exact) mass is 335 g/mol. The number of thiol groups is 1. The van der Waals surface area contributed by atoms with Crippen LogP contribution >= 0.6 is 0 Å². The van der Waals surface area contributed by atoms with Gasteiger partial charge in [0.1, 0.15) is 10.6 Å². The van der Waals surface area contributed by atoms with Gasteiger partial charge in [-0.15, -0.1) is 0 Å². The Morgan fingerprint density at radius 2 is 1.80 bits per heavy atom. The van der Waals surface area contributed by atoms with E-state index in [1.54, 1.807) is 0 Å². The van der Waals surface area contributed by atoms with E-state index < -0.39 is 47.6 Å². The van der Waals surface area contributed by atoms with E-state index in [1.165, 1.54) is 0 Å². The molecule has 20 heavy (non-hydrogen) atoms. The molecule has 1 aromatic rings. The van der Waals surface area contributed by atoms with Crippen molar-refractivity contribution in [3.05, 3.63) is 28.3 Å². The van der Waals surface area contributed by atoms with Crippen molar-refractivity contribution in [2.24, 2.45) is 0 Å². The fraction of sp³-hybridized carbons (Fsp3) is 0.143. The molecule has 0 unspecified atom stereocenters. The predicted molar refractivity (Wildman–Crippen MR) is 57.3 cm³/mol.